The number of rotatable bonds is 4. The van der Waals surface area contributed by atoms with Crippen molar-refractivity contribution < 1.29 is 10.2 Å². The third-order valence-corrected chi connectivity index (χ3v) is 0.793. The SMILES string of the molecule is CC(O)CNCC(N)O. The van der Waals surface area contributed by atoms with Crippen molar-refractivity contribution in [3.8, 4) is 0 Å². The van der Waals surface area contributed by atoms with Gasteiger partial charge in [0.1, 0.15) is 6.23 Å². The molecule has 0 aliphatic heterocycles. The highest BCUT2D eigenvalue weighted by atomic mass is 16.3. The van der Waals surface area contributed by atoms with Crippen LogP contribution in [0.25, 0.3) is 0 Å². The van der Waals surface area contributed by atoms with Crippen LogP contribution in [0.15, 0.2) is 0 Å². The lowest BCUT2D eigenvalue weighted by molar-refractivity contribution is 0.158. The van der Waals surface area contributed by atoms with Crippen LogP contribution in [0.4, 0.5) is 0 Å². The lowest BCUT2D eigenvalue weighted by atomic mass is 10.4. The Morgan fingerprint density at radius 3 is 2.33 bits per heavy atom. The van der Waals surface area contributed by atoms with Gasteiger partial charge in [0, 0.05) is 13.1 Å². The lowest BCUT2D eigenvalue weighted by Gasteiger charge is -2.07. The van der Waals surface area contributed by atoms with Gasteiger partial charge in [-0.3, -0.25) is 0 Å². The van der Waals surface area contributed by atoms with Crippen LogP contribution in [0.5, 0.6) is 0 Å². The normalized spacial score (nSPS) is 17.3. The van der Waals surface area contributed by atoms with Crippen molar-refractivity contribution in [2.45, 2.75) is 19.3 Å². The van der Waals surface area contributed by atoms with E-state index in [1.807, 2.05) is 0 Å². The van der Waals surface area contributed by atoms with Crippen LogP contribution >= 0.6 is 0 Å². The van der Waals surface area contributed by atoms with Gasteiger partial charge in [-0.05, 0) is 6.92 Å². The van der Waals surface area contributed by atoms with E-state index in [0.29, 0.717) is 13.1 Å². The summed E-state index contributed by atoms with van der Waals surface area (Å²) >= 11 is 0. The molecule has 2 atom stereocenters. The third kappa shape index (κ3) is 7.84. The van der Waals surface area contributed by atoms with Crippen molar-refractivity contribution in [1.82, 2.24) is 5.32 Å². The predicted molar refractivity (Wildman–Crippen MR) is 34.7 cm³/mol. The molecular weight excluding hydrogens is 120 g/mol. The molecule has 0 rings (SSSR count). The topological polar surface area (TPSA) is 78.5 Å². The summed E-state index contributed by atoms with van der Waals surface area (Å²) in [5.74, 6) is 0. The van der Waals surface area contributed by atoms with Gasteiger partial charge in [-0.15, -0.1) is 0 Å². The Kier molecular flexibility index (Phi) is 4.61. The Labute approximate surface area is 54.7 Å². The quantitative estimate of drug-likeness (QED) is 0.343. The largest absolute Gasteiger partial charge is 0.392 e. The van der Waals surface area contributed by atoms with E-state index in [1.54, 1.807) is 6.92 Å². The molecule has 0 amide bonds. The van der Waals surface area contributed by atoms with Gasteiger partial charge in [0.15, 0.2) is 0 Å². The highest BCUT2D eigenvalue weighted by molar-refractivity contribution is 4.54. The molecule has 0 aromatic heterocycles. The summed E-state index contributed by atoms with van der Waals surface area (Å²) in [5.41, 5.74) is 4.99. The zero-order chi connectivity index (χ0) is 7.28. The van der Waals surface area contributed by atoms with E-state index in [-0.39, 0.29) is 6.10 Å². The first-order valence-corrected chi connectivity index (χ1v) is 2.95. The molecule has 0 fully saturated rings. The zero-order valence-electron chi connectivity index (χ0n) is 5.54. The van der Waals surface area contributed by atoms with Crippen molar-refractivity contribution in [3.63, 3.8) is 0 Å². The maximum absolute atomic E-state index is 8.68. The summed E-state index contributed by atoms with van der Waals surface area (Å²) in [5, 5.41) is 19.9. The molecular formula is C5H14N2O2. The Balaban J connectivity index is 2.91. The van der Waals surface area contributed by atoms with Gasteiger partial charge in [-0.2, -0.15) is 0 Å². The van der Waals surface area contributed by atoms with E-state index >= 15 is 0 Å². The third-order valence-electron chi connectivity index (χ3n) is 0.793. The molecule has 2 unspecified atom stereocenters. The van der Waals surface area contributed by atoms with Crippen LogP contribution in [-0.2, 0) is 0 Å². The van der Waals surface area contributed by atoms with Crippen LogP contribution in [0.1, 0.15) is 6.92 Å². The molecule has 0 aromatic carbocycles. The molecule has 0 aliphatic carbocycles. The molecule has 0 radical (unpaired) electrons. The number of hydrogen-bond acceptors (Lipinski definition) is 4. The second kappa shape index (κ2) is 4.69. The second-order valence-corrected chi connectivity index (χ2v) is 2.07. The molecule has 9 heavy (non-hydrogen) atoms. The maximum atomic E-state index is 8.68. The summed E-state index contributed by atoms with van der Waals surface area (Å²) in [7, 11) is 0. The molecule has 0 saturated carbocycles. The summed E-state index contributed by atoms with van der Waals surface area (Å²) in [4.78, 5) is 0. The molecule has 5 N–H and O–H groups in total. The summed E-state index contributed by atoms with van der Waals surface area (Å²) in [6.07, 6.45) is -1.22. The van der Waals surface area contributed by atoms with Gasteiger partial charge in [0.25, 0.3) is 0 Å². The second-order valence-electron chi connectivity index (χ2n) is 2.07. The molecule has 4 heteroatoms. The highest BCUT2D eigenvalue weighted by Crippen LogP contribution is 1.73. The van der Waals surface area contributed by atoms with Gasteiger partial charge in [-0.1, -0.05) is 0 Å². The Morgan fingerprint density at radius 2 is 2.00 bits per heavy atom. The Bertz CT molecular complexity index is 58.0. The van der Waals surface area contributed by atoms with E-state index in [2.05, 4.69) is 5.32 Å². The van der Waals surface area contributed by atoms with Gasteiger partial charge < -0.3 is 21.3 Å². The van der Waals surface area contributed by atoms with E-state index in [9.17, 15) is 0 Å². The molecule has 0 bridgehead atoms. The first-order valence-electron chi connectivity index (χ1n) is 2.95. The predicted octanol–water partition coefficient (Wildman–Crippen LogP) is -1.77. The van der Waals surface area contributed by atoms with Crippen molar-refractivity contribution in [1.29, 1.82) is 0 Å². The van der Waals surface area contributed by atoms with Crippen molar-refractivity contribution in [2.75, 3.05) is 13.1 Å². The molecule has 0 aliphatic rings. The Morgan fingerprint density at radius 1 is 1.44 bits per heavy atom. The highest BCUT2D eigenvalue weighted by Gasteiger charge is 1.96. The van der Waals surface area contributed by atoms with Gasteiger partial charge in [0.2, 0.25) is 0 Å². The molecule has 0 spiro atoms. The fraction of sp³-hybridized carbons (Fsp3) is 1.00. The van der Waals surface area contributed by atoms with Crippen molar-refractivity contribution in [3.05, 3.63) is 0 Å². The average Bonchev–Trinajstić information content (AvgIpc) is 1.63. The molecule has 0 heterocycles. The summed E-state index contributed by atoms with van der Waals surface area (Å²) in [6, 6.07) is 0. The van der Waals surface area contributed by atoms with Crippen LogP contribution in [0, 0.1) is 0 Å². The maximum Gasteiger partial charge on any atom is 0.115 e. The number of aliphatic hydroxyl groups is 2. The summed E-state index contributed by atoms with van der Waals surface area (Å²) in [6.45, 7) is 2.45. The lowest BCUT2D eigenvalue weighted by Crippen LogP contribution is -2.36. The van der Waals surface area contributed by atoms with Gasteiger partial charge in [-0.25, -0.2) is 0 Å². The van der Waals surface area contributed by atoms with E-state index < -0.39 is 6.23 Å². The number of hydrogen-bond donors (Lipinski definition) is 4. The van der Waals surface area contributed by atoms with Crippen LogP contribution in [0.2, 0.25) is 0 Å². The standard InChI is InChI=1S/C5H14N2O2/c1-4(8)2-7-3-5(6)9/h4-5,7-9H,2-3,6H2,1H3. The number of aliphatic hydroxyl groups excluding tert-OH is 2. The monoisotopic (exact) mass is 134 g/mol. The van der Waals surface area contributed by atoms with Gasteiger partial charge >= 0.3 is 0 Å². The van der Waals surface area contributed by atoms with Crippen LogP contribution < -0.4 is 11.1 Å². The molecule has 0 aromatic rings. The first kappa shape index (κ1) is 8.84. The summed E-state index contributed by atoms with van der Waals surface area (Å²) < 4.78 is 0. The van der Waals surface area contributed by atoms with E-state index in [4.69, 9.17) is 15.9 Å². The molecule has 56 valence electrons. The van der Waals surface area contributed by atoms with Crippen molar-refractivity contribution in [2.24, 2.45) is 5.73 Å². The van der Waals surface area contributed by atoms with Gasteiger partial charge in [0.05, 0.1) is 6.10 Å². The van der Waals surface area contributed by atoms with E-state index in [1.165, 1.54) is 0 Å². The fourth-order valence-electron chi connectivity index (χ4n) is 0.440. The minimum absolute atomic E-state index is 0.324. The fourth-order valence-corrected chi connectivity index (χ4v) is 0.440. The first-order chi connectivity index (χ1) is 4.13. The minimum atomic E-state index is -0.830. The zero-order valence-corrected chi connectivity index (χ0v) is 5.54. The minimum Gasteiger partial charge on any atom is -0.392 e. The number of nitrogens with one attached hydrogen (secondary N) is 1. The van der Waals surface area contributed by atoms with E-state index in [0.717, 1.165) is 0 Å². The smallest absolute Gasteiger partial charge is 0.115 e. The molecule has 0 saturated heterocycles. The average molecular weight is 134 g/mol. The number of nitrogens with two attached hydrogens (primary N) is 1. The van der Waals surface area contributed by atoms with Crippen LogP contribution in [0.3, 0.4) is 0 Å². The Hall–Kier alpha value is -0.160. The molecule has 4 nitrogen and oxygen atoms in total. The van der Waals surface area contributed by atoms with Crippen molar-refractivity contribution >= 4 is 0 Å². The van der Waals surface area contributed by atoms with Crippen LogP contribution in [-0.4, -0.2) is 35.6 Å².